The Morgan fingerprint density at radius 2 is 2.33 bits per heavy atom. The summed E-state index contributed by atoms with van der Waals surface area (Å²) in [7, 11) is 1.83. The topological polar surface area (TPSA) is 63.8 Å². The number of nitrogens with one attached hydrogen (secondary N) is 1. The third-order valence-electron chi connectivity index (χ3n) is 2.06. The molecule has 2 heterocycles. The molecular formula is C10H12N4O. The molecule has 0 aliphatic heterocycles. The molecule has 0 fully saturated rings. The first-order valence-corrected chi connectivity index (χ1v) is 4.69. The maximum Gasteiger partial charge on any atom is 0.240 e. The molecule has 0 radical (unpaired) electrons. The van der Waals surface area contributed by atoms with Crippen LogP contribution >= 0.6 is 0 Å². The summed E-state index contributed by atoms with van der Waals surface area (Å²) in [5.41, 5.74) is 1.99. The van der Waals surface area contributed by atoms with Crippen LogP contribution in [0.5, 0.6) is 0 Å². The Kier molecular flexibility index (Phi) is 2.73. The Labute approximate surface area is 87.5 Å². The number of nitrogens with zero attached hydrogens (tertiary/aromatic N) is 3. The molecule has 78 valence electrons. The van der Waals surface area contributed by atoms with E-state index in [9.17, 15) is 0 Å². The van der Waals surface area contributed by atoms with E-state index in [0.29, 0.717) is 18.3 Å². The van der Waals surface area contributed by atoms with E-state index in [1.165, 1.54) is 0 Å². The standard InChI is InChI=1S/C10H12N4O/c1-7-5-12-4-3-8(7)10-13-9(6-11-2)15-14-10/h3-5,11H,6H2,1-2H3. The van der Waals surface area contributed by atoms with Crippen LogP contribution in [0.25, 0.3) is 11.4 Å². The van der Waals surface area contributed by atoms with Crippen molar-refractivity contribution in [2.45, 2.75) is 13.5 Å². The zero-order valence-electron chi connectivity index (χ0n) is 8.69. The van der Waals surface area contributed by atoms with Gasteiger partial charge in [0.2, 0.25) is 11.7 Å². The van der Waals surface area contributed by atoms with Gasteiger partial charge in [-0.2, -0.15) is 4.98 Å². The predicted molar refractivity (Wildman–Crippen MR) is 55.0 cm³/mol. The van der Waals surface area contributed by atoms with Crippen LogP contribution in [0.15, 0.2) is 23.0 Å². The van der Waals surface area contributed by atoms with Gasteiger partial charge in [0.15, 0.2) is 0 Å². The summed E-state index contributed by atoms with van der Waals surface area (Å²) in [5, 5.41) is 6.87. The second kappa shape index (κ2) is 4.18. The molecule has 2 rings (SSSR count). The first-order valence-electron chi connectivity index (χ1n) is 4.69. The normalized spacial score (nSPS) is 10.5. The third-order valence-corrected chi connectivity index (χ3v) is 2.06. The lowest BCUT2D eigenvalue weighted by Crippen LogP contribution is -2.04. The molecule has 0 saturated heterocycles. The van der Waals surface area contributed by atoms with Crippen molar-refractivity contribution in [2.75, 3.05) is 7.05 Å². The predicted octanol–water partition coefficient (Wildman–Crippen LogP) is 1.16. The lowest BCUT2D eigenvalue weighted by molar-refractivity contribution is 0.372. The maximum atomic E-state index is 5.07. The average Bonchev–Trinajstić information content (AvgIpc) is 2.68. The average molecular weight is 204 g/mol. The highest BCUT2D eigenvalue weighted by atomic mass is 16.5. The Hall–Kier alpha value is -1.75. The van der Waals surface area contributed by atoms with E-state index >= 15 is 0 Å². The summed E-state index contributed by atoms with van der Waals surface area (Å²) in [6.07, 6.45) is 3.50. The molecule has 1 N–H and O–H groups in total. The van der Waals surface area contributed by atoms with E-state index in [0.717, 1.165) is 11.1 Å². The second-order valence-electron chi connectivity index (χ2n) is 3.23. The fourth-order valence-electron chi connectivity index (χ4n) is 1.31. The fraction of sp³-hybridized carbons (Fsp3) is 0.300. The van der Waals surface area contributed by atoms with Crippen LogP contribution in [0.1, 0.15) is 11.5 Å². The number of pyridine rings is 1. The minimum atomic E-state index is 0.580. The third kappa shape index (κ3) is 2.02. The molecule has 0 bridgehead atoms. The van der Waals surface area contributed by atoms with Gasteiger partial charge < -0.3 is 9.84 Å². The molecule has 2 aromatic heterocycles. The van der Waals surface area contributed by atoms with Crippen LogP contribution in [0.4, 0.5) is 0 Å². The quantitative estimate of drug-likeness (QED) is 0.812. The molecule has 2 aromatic rings. The van der Waals surface area contributed by atoms with E-state index < -0.39 is 0 Å². The Balaban J connectivity index is 2.33. The van der Waals surface area contributed by atoms with Crippen LogP contribution in [0.2, 0.25) is 0 Å². The monoisotopic (exact) mass is 204 g/mol. The van der Waals surface area contributed by atoms with Crippen molar-refractivity contribution in [1.82, 2.24) is 20.4 Å². The Bertz CT molecular complexity index is 452. The van der Waals surface area contributed by atoms with E-state index in [2.05, 4.69) is 20.4 Å². The largest absolute Gasteiger partial charge is 0.338 e. The Morgan fingerprint density at radius 3 is 3.07 bits per heavy atom. The van der Waals surface area contributed by atoms with Gasteiger partial charge in [-0.15, -0.1) is 0 Å². The zero-order valence-corrected chi connectivity index (χ0v) is 8.69. The van der Waals surface area contributed by atoms with Crippen molar-refractivity contribution in [3.05, 3.63) is 29.9 Å². The maximum absolute atomic E-state index is 5.07. The summed E-state index contributed by atoms with van der Waals surface area (Å²) in [5.74, 6) is 1.20. The van der Waals surface area contributed by atoms with Crippen molar-refractivity contribution in [3.63, 3.8) is 0 Å². The van der Waals surface area contributed by atoms with Gasteiger partial charge in [0, 0.05) is 18.0 Å². The first kappa shape index (κ1) is 9.79. The molecule has 0 saturated carbocycles. The van der Waals surface area contributed by atoms with Gasteiger partial charge >= 0.3 is 0 Å². The molecule has 5 nitrogen and oxygen atoms in total. The highest BCUT2D eigenvalue weighted by molar-refractivity contribution is 5.57. The Morgan fingerprint density at radius 1 is 1.47 bits per heavy atom. The van der Waals surface area contributed by atoms with E-state index in [1.807, 2.05) is 20.0 Å². The smallest absolute Gasteiger partial charge is 0.240 e. The summed E-state index contributed by atoms with van der Waals surface area (Å²) in [6, 6.07) is 1.88. The van der Waals surface area contributed by atoms with E-state index in [-0.39, 0.29) is 0 Å². The second-order valence-corrected chi connectivity index (χ2v) is 3.23. The molecule has 0 aliphatic carbocycles. The van der Waals surface area contributed by atoms with Crippen molar-refractivity contribution in [2.24, 2.45) is 0 Å². The lowest BCUT2D eigenvalue weighted by Gasteiger charge is -1.97. The van der Waals surface area contributed by atoms with Gasteiger partial charge in [-0.3, -0.25) is 4.98 Å². The summed E-state index contributed by atoms with van der Waals surface area (Å²) in [6.45, 7) is 2.55. The molecule has 0 amide bonds. The molecule has 15 heavy (non-hydrogen) atoms. The molecule has 5 heteroatoms. The van der Waals surface area contributed by atoms with Crippen molar-refractivity contribution < 1.29 is 4.52 Å². The van der Waals surface area contributed by atoms with Crippen molar-refractivity contribution in [1.29, 1.82) is 0 Å². The number of aryl methyl sites for hydroxylation is 1. The molecule has 0 spiro atoms. The van der Waals surface area contributed by atoms with Gasteiger partial charge in [-0.05, 0) is 25.6 Å². The van der Waals surface area contributed by atoms with Crippen molar-refractivity contribution >= 4 is 0 Å². The van der Waals surface area contributed by atoms with Gasteiger partial charge in [0.1, 0.15) is 0 Å². The number of rotatable bonds is 3. The molecule has 0 aromatic carbocycles. The highest BCUT2D eigenvalue weighted by Gasteiger charge is 2.09. The van der Waals surface area contributed by atoms with Crippen LogP contribution in [-0.2, 0) is 6.54 Å². The fourth-order valence-corrected chi connectivity index (χ4v) is 1.31. The van der Waals surface area contributed by atoms with Crippen molar-refractivity contribution in [3.8, 4) is 11.4 Å². The van der Waals surface area contributed by atoms with Crippen LogP contribution in [0.3, 0.4) is 0 Å². The molecule has 0 aliphatic rings. The first-order chi connectivity index (χ1) is 7.31. The number of hydrogen-bond donors (Lipinski definition) is 1. The summed E-state index contributed by atoms with van der Waals surface area (Å²) >= 11 is 0. The number of aromatic nitrogens is 3. The lowest BCUT2D eigenvalue weighted by atomic mass is 10.1. The van der Waals surface area contributed by atoms with Gasteiger partial charge in [-0.1, -0.05) is 5.16 Å². The summed E-state index contributed by atoms with van der Waals surface area (Å²) < 4.78 is 5.07. The minimum absolute atomic E-state index is 0.580. The zero-order chi connectivity index (χ0) is 10.7. The van der Waals surface area contributed by atoms with Gasteiger partial charge in [-0.25, -0.2) is 0 Å². The van der Waals surface area contributed by atoms with Crippen LogP contribution in [-0.4, -0.2) is 22.2 Å². The highest BCUT2D eigenvalue weighted by Crippen LogP contribution is 2.18. The molecule has 0 atom stereocenters. The minimum Gasteiger partial charge on any atom is -0.338 e. The van der Waals surface area contributed by atoms with Gasteiger partial charge in [0.05, 0.1) is 6.54 Å². The summed E-state index contributed by atoms with van der Waals surface area (Å²) in [4.78, 5) is 8.28. The van der Waals surface area contributed by atoms with Crippen LogP contribution in [0, 0.1) is 6.92 Å². The number of hydrogen-bond acceptors (Lipinski definition) is 5. The van der Waals surface area contributed by atoms with E-state index in [4.69, 9.17) is 4.52 Å². The van der Waals surface area contributed by atoms with E-state index in [1.54, 1.807) is 12.4 Å². The molecule has 0 unspecified atom stereocenters. The molecular weight excluding hydrogens is 192 g/mol. The van der Waals surface area contributed by atoms with Gasteiger partial charge in [0.25, 0.3) is 0 Å². The SMILES string of the molecule is CNCc1nc(-c2ccncc2C)no1. The van der Waals surface area contributed by atoms with Crippen LogP contribution < -0.4 is 5.32 Å².